The van der Waals surface area contributed by atoms with Gasteiger partial charge in [-0.3, -0.25) is 19.0 Å². The van der Waals surface area contributed by atoms with Crippen molar-refractivity contribution in [1.29, 1.82) is 0 Å². The molecule has 2 aromatic rings. The molecule has 7 heteroatoms. The van der Waals surface area contributed by atoms with E-state index < -0.39 is 0 Å². The first-order chi connectivity index (χ1) is 12.6. The average Bonchev–Trinajstić information content (AvgIpc) is 2.69. The Balaban J connectivity index is 1.54. The number of nitrogens with zero attached hydrogens (tertiary/aromatic N) is 3. The highest BCUT2D eigenvalue weighted by Crippen LogP contribution is 2.24. The van der Waals surface area contributed by atoms with Crippen LogP contribution in [0.4, 0.5) is 0 Å². The van der Waals surface area contributed by atoms with Crippen molar-refractivity contribution in [2.24, 2.45) is 5.92 Å². The Morgan fingerprint density at radius 3 is 2.85 bits per heavy atom. The van der Waals surface area contributed by atoms with Crippen molar-refractivity contribution in [1.82, 2.24) is 19.8 Å². The van der Waals surface area contributed by atoms with Gasteiger partial charge in [0.25, 0.3) is 5.56 Å². The van der Waals surface area contributed by atoms with Crippen molar-refractivity contribution in [2.75, 3.05) is 19.6 Å². The van der Waals surface area contributed by atoms with Gasteiger partial charge in [-0.05, 0) is 31.4 Å². The number of fused-ring (bicyclic) bond motifs is 1. The monoisotopic (exact) mass is 354 g/mol. The fraction of sp³-hybridized carbons (Fsp3) is 0.474. The molecule has 1 aromatic heterocycles. The van der Waals surface area contributed by atoms with Gasteiger partial charge in [0.2, 0.25) is 11.8 Å². The standard InChI is InChI=1S/C19H22N4O3/c24-17-8-7-13(10-20-17)18(25)22-9-3-4-14(11-22)23-12-21-16-6-2-1-5-15(16)19(23)26/h1-2,5-6,12-14H,3-4,7-11H2,(H,20,24). The zero-order valence-electron chi connectivity index (χ0n) is 14.6. The summed E-state index contributed by atoms with van der Waals surface area (Å²) >= 11 is 0. The number of aromatic nitrogens is 2. The van der Waals surface area contributed by atoms with Crippen molar-refractivity contribution in [3.8, 4) is 0 Å². The van der Waals surface area contributed by atoms with Crippen LogP contribution >= 0.6 is 0 Å². The Labute approximate surface area is 151 Å². The van der Waals surface area contributed by atoms with Crippen LogP contribution in [-0.4, -0.2) is 45.9 Å². The van der Waals surface area contributed by atoms with Crippen LogP contribution in [0, 0.1) is 5.92 Å². The number of hydrogen-bond donors (Lipinski definition) is 1. The molecule has 2 fully saturated rings. The lowest BCUT2D eigenvalue weighted by Gasteiger charge is -2.36. The summed E-state index contributed by atoms with van der Waals surface area (Å²) in [6, 6.07) is 7.26. The van der Waals surface area contributed by atoms with Crippen LogP contribution in [0.5, 0.6) is 0 Å². The number of hydrogen-bond acceptors (Lipinski definition) is 4. The molecule has 3 heterocycles. The van der Waals surface area contributed by atoms with Crippen LogP contribution in [0.3, 0.4) is 0 Å². The van der Waals surface area contributed by atoms with E-state index in [1.807, 2.05) is 23.1 Å². The molecule has 0 aliphatic carbocycles. The predicted octanol–water partition coefficient (Wildman–Crippen LogP) is 1.09. The third-order valence-corrected chi connectivity index (χ3v) is 5.41. The highest BCUT2D eigenvalue weighted by Gasteiger charge is 2.32. The Hall–Kier alpha value is -2.70. The van der Waals surface area contributed by atoms with E-state index in [1.54, 1.807) is 17.0 Å². The minimum Gasteiger partial charge on any atom is -0.355 e. The molecule has 4 rings (SSSR count). The summed E-state index contributed by atoms with van der Waals surface area (Å²) in [6.45, 7) is 1.63. The molecule has 2 aliphatic rings. The van der Waals surface area contributed by atoms with Gasteiger partial charge in [-0.1, -0.05) is 12.1 Å². The second-order valence-electron chi connectivity index (χ2n) is 7.09. The lowest BCUT2D eigenvalue weighted by atomic mass is 9.95. The average molecular weight is 354 g/mol. The van der Waals surface area contributed by atoms with E-state index in [0.717, 1.165) is 12.8 Å². The van der Waals surface area contributed by atoms with E-state index in [0.29, 0.717) is 43.4 Å². The second kappa shape index (κ2) is 6.90. The molecule has 1 aromatic carbocycles. The summed E-state index contributed by atoms with van der Waals surface area (Å²) in [7, 11) is 0. The zero-order valence-corrected chi connectivity index (χ0v) is 14.6. The quantitative estimate of drug-likeness (QED) is 0.875. The number of para-hydroxylation sites is 1. The summed E-state index contributed by atoms with van der Waals surface area (Å²) in [5.74, 6) is -0.0613. The number of piperidine rings is 2. The van der Waals surface area contributed by atoms with Gasteiger partial charge in [-0.2, -0.15) is 0 Å². The Morgan fingerprint density at radius 2 is 2.04 bits per heavy atom. The molecule has 2 amide bonds. The molecule has 2 atom stereocenters. The van der Waals surface area contributed by atoms with Crippen molar-refractivity contribution >= 4 is 22.7 Å². The maximum atomic E-state index is 12.8. The topological polar surface area (TPSA) is 84.3 Å². The molecular weight excluding hydrogens is 332 g/mol. The van der Waals surface area contributed by atoms with Gasteiger partial charge in [-0.25, -0.2) is 4.98 Å². The molecule has 0 radical (unpaired) electrons. The molecule has 26 heavy (non-hydrogen) atoms. The normalized spacial score (nSPS) is 23.7. The molecule has 136 valence electrons. The van der Waals surface area contributed by atoms with Gasteiger partial charge in [-0.15, -0.1) is 0 Å². The van der Waals surface area contributed by atoms with Crippen molar-refractivity contribution < 1.29 is 9.59 Å². The highest BCUT2D eigenvalue weighted by atomic mass is 16.2. The lowest BCUT2D eigenvalue weighted by Crippen LogP contribution is -2.49. The maximum absolute atomic E-state index is 12.8. The van der Waals surface area contributed by atoms with E-state index in [2.05, 4.69) is 10.3 Å². The van der Waals surface area contributed by atoms with Crippen LogP contribution in [-0.2, 0) is 9.59 Å². The van der Waals surface area contributed by atoms with Crippen molar-refractivity contribution in [3.63, 3.8) is 0 Å². The first-order valence-electron chi connectivity index (χ1n) is 9.15. The van der Waals surface area contributed by atoms with Gasteiger partial charge in [0, 0.05) is 26.1 Å². The fourth-order valence-electron chi connectivity index (χ4n) is 3.93. The molecule has 0 bridgehead atoms. The minimum absolute atomic E-state index is 0.0133. The Morgan fingerprint density at radius 1 is 1.19 bits per heavy atom. The number of rotatable bonds is 2. The molecule has 2 aliphatic heterocycles. The number of benzene rings is 1. The van der Waals surface area contributed by atoms with E-state index in [9.17, 15) is 14.4 Å². The minimum atomic E-state index is -0.155. The second-order valence-corrected chi connectivity index (χ2v) is 7.09. The molecule has 0 spiro atoms. The number of carbonyl (C=O) groups is 2. The molecule has 2 unspecified atom stereocenters. The fourth-order valence-corrected chi connectivity index (χ4v) is 3.93. The van der Waals surface area contributed by atoms with Crippen LogP contribution in [0.25, 0.3) is 10.9 Å². The Bertz CT molecular complexity index is 897. The predicted molar refractivity (Wildman–Crippen MR) is 96.6 cm³/mol. The van der Waals surface area contributed by atoms with Gasteiger partial charge in [0.15, 0.2) is 0 Å². The maximum Gasteiger partial charge on any atom is 0.261 e. The van der Waals surface area contributed by atoms with Gasteiger partial charge in [0.1, 0.15) is 0 Å². The van der Waals surface area contributed by atoms with E-state index in [1.165, 1.54) is 0 Å². The molecular formula is C19H22N4O3. The third kappa shape index (κ3) is 3.09. The lowest BCUT2D eigenvalue weighted by molar-refractivity contribution is -0.139. The molecule has 1 N–H and O–H groups in total. The number of likely N-dealkylation sites (tertiary alicyclic amines) is 1. The smallest absolute Gasteiger partial charge is 0.261 e. The highest BCUT2D eigenvalue weighted by molar-refractivity contribution is 5.84. The Kier molecular flexibility index (Phi) is 4.44. The summed E-state index contributed by atoms with van der Waals surface area (Å²) in [5, 5.41) is 3.38. The summed E-state index contributed by atoms with van der Waals surface area (Å²) in [5.41, 5.74) is 0.635. The summed E-state index contributed by atoms with van der Waals surface area (Å²) in [4.78, 5) is 43.2. The van der Waals surface area contributed by atoms with Gasteiger partial charge >= 0.3 is 0 Å². The number of carbonyl (C=O) groups excluding carboxylic acids is 2. The SMILES string of the molecule is O=C1CCC(C(=O)N2CCCC(n3cnc4ccccc4c3=O)C2)CN1. The van der Waals surface area contributed by atoms with E-state index in [4.69, 9.17) is 0 Å². The van der Waals surface area contributed by atoms with E-state index >= 15 is 0 Å². The summed E-state index contributed by atoms with van der Waals surface area (Å²) < 4.78 is 1.67. The van der Waals surface area contributed by atoms with Crippen molar-refractivity contribution in [2.45, 2.75) is 31.7 Å². The van der Waals surface area contributed by atoms with Crippen molar-refractivity contribution in [3.05, 3.63) is 40.9 Å². The van der Waals surface area contributed by atoms with Gasteiger partial charge in [0.05, 0.1) is 29.2 Å². The van der Waals surface area contributed by atoms with Crippen LogP contribution in [0.15, 0.2) is 35.4 Å². The zero-order chi connectivity index (χ0) is 18.1. The largest absolute Gasteiger partial charge is 0.355 e. The van der Waals surface area contributed by atoms with Gasteiger partial charge < -0.3 is 10.2 Å². The molecule has 0 saturated carbocycles. The van der Waals surface area contributed by atoms with E-state index in [-0.39, 0.29) is 29.3 Å². The number of nitrogens with one attached hydrogen (secondary N) is 1. The first-order valence-corrected chi connectivity index (χ1v) is 9.15. The third-order valence-electron chi connectivity index (χ3n) is 5.41. The van der Waals surface area contributed by atoms with Crippen LogP contribution < -0.4 is 10.9 Å². The summed E-state index contributed by atoms with van der Waals surface area (Å²) in [6.07, 6.45) is 4.31. The molecule has 2 saturated heterocycles. The van der Waals surface area contributed by atoms with Crippen LogP contribution in [0.2, 0.25) is 0 Å². The first kappa shape index (κ1) is 16.8. The number of amides is 2. The molecule has 7 nitrogen and oxygen atoms in total. The van der Waals surface area contributed by atoms with Crippen LogP contribution in [0.1, 0.15) is 31.7 Å².